The fraction of sp³-hybridized carbons (Fsp3) is 0.471. The molecule has 0 radical (unpaired) electrons. The molecule has 0 nitrogen and oxygen atoms in total. The minimum absolute atomic E-state index is 0. The van der Waals surface area contributed by atoms with Crippen LogP contribution in [0.1, 0.15) is 103 Å². The first-order valence-corrected chi connectivity index (χ1v) is 14.6. The van der Waals surface area contributed by atoms with E-state index < -0.39 is 0 Å². The number of halogens is 2. The summed E-state index contributed by atoms with van der Waals surface area (Å²) in [6.07, 6.45) is 8.44. The molecule has 5 rings (SSSR count). The van der Waals surface area contributed by atoms with Crippen molar-refractivity contribution >= 4 is 3.21 Å². The molecule has 1 saturated carbocycles. The standard InChI is InChI=1S/C21H25.C8H14.C5H5.2ClH.Zr/c1-20(2,3)16-9-7-14-11-15-8-10-17(21(4,5)6)13-19(15)18(14)12-16;1-2-8-6-4-3-5-7-8;1-2-4-5-3-1;;;/h7,9-10,12-13H,11H2,1-6H3;8H,3-7H2,1H3;1-5H;2*1H;/q-1;;-1;;;+2/p-2. The SMILES string of the molecule is CC(C)(C)c1c[c-]c2c(c1)-c1cc(C(C)(C)C)ccc1C2.C[C](=[Zr+2])C1CCCCC1.[Cl-].[Cl-].c1cc[cH-]c1. The zero-order valence-electron chi connectivity index (χ0n) is 23.8. The first-order valence-electron chi connectivity index (χ1n) is 13.4. The Bertz CT molecular complexity index is 1010. The monoisotopic (exact) mass is 612 g/mol. The van der Waals surface area contributed by atoms with E-state index in [4.69, 9.17) is 0 Å². The van der Waals surface area contributed by atoms with E-state index in [2.05, 4.69) is 84.9 Å². The minimum Gasteiger partial charge on any atom is -1.00 e. The van der Waals surface area contributed by atoms with Crippen molar-refractivity contribution in [2.45, 2.75) is 97.8 Å². The molecular weight excluding hydrogens is 571 g/mol. The van der Waals surface area contributed by atoms with E-state index in [1.807, 2.05) is 30.3 Å². The summed E-state index contributed by atoms with van der Waals surface area (Å²) in [6.45, 7) is 16.0. The maximum absolute atomic E-state index is 3.53. The van der Waals surface area contributed by atoms with Gasteiger partial charge >= 0.3 is 72.4 Å². The quantitative estimate of drug-likeness (QED) is 0.289. The van der Waals surface area contributed by atoms with E-state index in [-0.39, 0.29) is 35.6 Å². The van der Waals surface area contributed by atoms with Gasteiger partial charge in [-0.25, -0.2) is 12.1 Å². The zero-order valence-corrected chi connectivity index (χ0v) is 27.8. The van der Waals surface area contributed by atoms with Crippen molar-refractivity contribution in [3.05, 3.63) is 89.0 Å². The van der Waals surface area contributed by atoms with E-state index in [1.165, 1.54) is 65.5 Å². The average molecular weight is 615 g/mol. The molecule has 0 aliphatic heterocycles. The predicted octanol–water partition coefficient (Wildman–Crippen LogP) is 3.37. The van der Waals surface area contributed by atoms with Crippen LogP contribution in [0.2, 0.25) is 0 Å². The predicted molar refractivity (Wildman–Crippen MR) is 150 cm³/mol. The van der Waals surface area contributed by atoms with Crippen molar-refractivity contribution in [2.24, 2.45) is 5.92 Å². The summed E-state index contributed by atoms with van der Waals surface area (Å²) in [4.78, 5) is 0. The third-order valence-corrected chi connectivity index (χ3v) is 8.30. The van der Waals surface area contributed by atoms with Crippen molar-refractivity contribution in [3.8, 4) is 11.1 Å². The molecule has 200 valence electrons. The maximum Gasteiger partial charge on any atom is -0.172 e. The molecule has 0 saturated heterocycles. The van der Waals surface area contributed by atoms with E-state index in [0.717, 1.165) is 12.3 Å². The Labute approximate surface area is 254 Å². The second-order valence-corrected chi connectivity index (χ2v) is 14.2. The summed E-state index contributed by atoms with van der Waals surface area (Å²) < 4.78 is 1.74. The van der Waals surface area contributed by atoms with E-state index in [9.17, 15) is 0 Å². The van der Waals surface area contributed by atoms with Crippen LogP contribution in [-0.2, 0) is 41.5 Å². The number of hydrogen-bond acceptors (Lipinski definition) is 0. The molecule has 3 aromatic rings. The van der Waals surface area contributed by atoms with Crippen molar-refractivity contribution in [3.63, 3.8) is 0 Å². The Hall–Kier alpha value is -0.877. The van der Waals surface area contributed by atoms with Gasteiger partial charge in [-0.05, 0) is 17.4 Å². The van der Waals surface area contributed by atoms with Crippen LogP contribution in [0.3, 0.4) is 0 Å². The van der Waals surface area contributed by atoms with Gasteiger partial charge < -0.3 is 24.8 Å². The molecule has 37 heavy (non-hydrogen) atoms. The largest absolute Gasteiger partial charge is 1.00 e. The Kier molecular flexibility index (Phi) is 13.9. The van der Waals surface area contributed by atoms with Crippen molar-refractivity contribution in [1.29, 1.82) is 0 Å². The topological polar surface area (TPSA) is 0 Å². The maximum atomic E-state index is 3.53. The Balaban J connectivity index is 0.000000354. The van der Waals surface area contributed by atoms with Gasteiger partial charge in [0.05, 0.1) is 0 Å². The van der Waals surface area contributed by atoms with Crippen LogP contribution in [-0.4, -0.2) is 3.21 Å². The van der Waals surface area contributed by atoms with Crippen LogP contribution < -0.4 is 24.8 Å². The Morgan fingerprint density at radius 1 is 0.838 bits per heavy atom. The molecule has 2 aliphatic rings. The third-order valence-electron chi connectivity index (χ3n) is 7.30. The first kappa shape index (κ1) is 34.2. The number of hydrogen-bond donors (Lipinski definition) is 0. The fourth-order valence-corrected chi connectivity index (χ4v) is 5.55. The molecule has 3 aromatic carbocycles. The summed E-state index contributed by atoms with van der Waals surface area (Å²) in [6, 6.07) is 25.1. The van der Waals surface area contributed by atoms with Crippen molar-refractivity contribution in [1.82, 2.24) is 0 Å². The van der Waals surface area contributed by atoms with Gasteiger partial charge in [-0.3, -0.25) is 0 Å². The molecule has 0 unspecified atom stereocenters. The molecule has 0 heterocycles. The number of rotatable bonds is 1. The minimum atomic E-state index is 0. The summed E-state index contributed by atoms with van der Waals surface area (Å²) in [5, 5.41) is 0. The van der Waals surface area contributed by atoms with Crippen molar-refractivity contribution in [2.75, 3.05) is 0 Å². The van der Waals surface area contributed by atoms with Gasteiger partial charge in [-0.1, -0.05) is 76.3 Å². The summed E-state index contributed by atoms with van der Waals surface area (Å²) >= 11 is 1.66. The summed E-state index contributed by atoms with van der Waals surface area (Å²) in [5.74, 6) is 1.01. The van der Waals surface area contributed by atoms with E-state index in [0.29, 0.717) is 0 Å². The molecule has 1 fully saturated rings. The van der Waals surface area contributed by atoms with Crippen LogP contribution in [0.5, 0.6) is 0 Å². The van der Waals surface area contributed by atoms with E-state index in [1.54, 1.807) is 27.4 Å². The van der Waals surface area contributed by atoms with Crippen LogP contribution in [0, 0.1) is 12.0 Å². The van der Waals surface area contributed by atoms with Crippen molar-refractivity contribution < 1.29 is 49.0 Å². The van der Waals surface area contributed by atoms with Gasteiger partial charge in [-0.15, -0.1) is 5.56 Å². The molecule has 0 aromatic heterocycles. The second-order valence-electron chi connectivity index (χ2n) is 12.3. The Morgan fingerprint density at radius 2 is 1.41 bits per heavy atom. The van der Waals surface area contributed by atoms with Crippen LogP contribution in [0.25, 0.3) is 11.1 Å². The normalized spacial score (nSPS) is 14.4. The summed E-state index contributed by atoms with van der Waals surface area (Å²) in [7, 11) is 0. The van der Waals surface area contributed by atoms with Gasteiger partial charge in [0.2, 0.25) is 0 Å². The molecular formula is C34H44Cl2Zr-2. The molecule has 3 heteroatoms. The number of benzene rings is 2. The molecule has 0 bridgehead atoms. The molecule has 0 spiro atoms. The van der Waals surface area contributed by atoms with Gasteiger partial charge in [0.15, 0.2) is 0 Å². The summed E-state index contributed by atoms with van der Waals surface area (Å²) in [5.41, 5.74) is 8.76. The van der Waals surface area contributed by atoms with Gasteiger partial charge in [0.1, 0.15) is 0 Å². The second kappa shape index (κ2) is 15.1. The Morgan fingerprint density at radius 3 is 1.86 bits per heavy atom. The van der Waals surface area contributed by atoms with Gasteiger partial charge in [0.25, 0.3) is 0 Å². The molecule has 0 N–H and O–H groups in total. The smallest absolute Gasteiger partial charge is 0.172 e. The van der Waals surface area contributed by atoms with Crippen LogP contribution in [0.4, 0.5) is 0 Å². The fourth-order valence-electron chi connectivity index (χ4n) is 4.84. The molecule has 0 amide bonds. The van der Waals surface area contributed by atoms with Gasteiger partial charge in [-0.2, -0.15) is 47.5 Å². The van der Waals surface area contributed by atoms with Crippen LogP contribution >= 0.6 is 0 Å². The third kappa shape index (κ3) is 9.99. The molecule has 2 aliphatic carbocycles. The average Bonchev–Trinajstić information content (AvgIpc) is 3.50. The first-order chi connectivity index (χ1) is 16.5. The zero-order chi connectivity index (χ0) is 25.6. The van der Waals surface area contributed by atoms with Crippen LogP contribution in [0.15, 0.2) is 60.7 Å². The van der Waals surface area contributed by atoms with E-state index >= 15 is 0 Å². The molecule has 0 atom stereocenters. The number of fused-ring (bicyclic) bond motifs is 3. The van der Waals surface area contributed by atoms with Gasteiger partial charge in [0, 0.05) is 0 Å².